The van der Waals surface area contributed by atoms with Gasteiger partial charge in [-0.05, 0) is 11.6 Å². The highest BCUT2D eigenvalue weighted by Gasteiger charge is 2.12. The zero-order valence-corrected chi connectivity index (χ0v) is 8.25. The number of rotatable bonds is 0. The van der Waals surface area contributed by atoms with Gasteiger partial charge in [-0.25, -0.2) is 4.21 Å². The van der Waals surface area contributed by atoms with Gasteiger partial charge >= 0.3 is 0 Å². The lowest BCUT2D eigenvalue weighted by Gasteiger charge is -2.17. The molecule has 1 aliphatic rings. The third kappa shape index (κ3) is 1.52. The van der Waals surface area contributed by atoms with Crippen LogP contribution in [-0.2, 0) is 11.0 Å². The van der Waals surface area contributed by atoms with Crippen LogP contribution >= 0.6 is 0 Å². The van der Waals surface area contributed by atoms with Gasteiger partial charge in [0.2, 0.25) is 0 Å². The summed E-state index contributed by atoms with van der Waals surface area (Å²) in [7, 11) is 0.946. The fraction of sp³-hybridized carbons (Fsp3) is 0.200. The standard InChI is InChI=1S/C10H11NOS/c1-11-10-7-3-2-5-9(10)6-4-8-13(11)12/h2-7H,8H2,1H3. The normalized spacial score (nSPS) is 21.0. The van der Waals surface area contributed by atoms with E-state index in [1.54, 1.807) is 0 Å². The molecular weight excluding hydrogens is 182 g/mol. The van der Waals surface area contributed by atoms with Crippen molar-refractivity contribution in [1.29, 1.82) is 0 Å². The monoisotopic (exact) mass is 193 g/mol. The van der Waals surface area contributed by atoms with E-state index in [1.165, 1.54) is 0 Å². The highest BCUT2D eigenvalue weighted by molar-refractivity contribution is 7.86. The van der Waals surface area contributed by atoms with Gasteiger partial charge in [0.05, 0.1) is 11.4 Å². The molecule has 1 unspecified atom stereocenters. The predicted octanol–water partition coefficient (Wildman–Crippen LogP) is 1.81. The Balaban J connectivity index is 2.54. The van der Waals surface area contributed by atoms with Crippen molar-refractivity contribution in [2.45, 2.75) is 0 Å². The molecule has 1 aliphatic heterocycles. The third-order valence-electron chi connectivity index (χ3n) is 2.12. The van der Waals surface area contributed by atoms with Crippen molar-refractivity contribution in [3.63, 3.8) is 0 Å². The SMILES string of the molecule is CN1c2ccccc2C=CCS1=O. The van der Waals surface area contributed by atoms with E-state index in [2.05, 4.69) is 0 Å². The Morgan fingerprint density at radius 1 is 1.38 bits per heavy atom. The fourth-order valence-corrected chi connectivity index (χ4v) is 2.26. The largest absolute Gasteiger partial charge is 0.294 e. The van der Waals surface area contributed by atoms with Gasteiger partial charge in [-0.15, -0.1) is 0 Å². The summed E-state index contributed by atoms with van der Waals surface area (Å²) in [6.07, 6.45) is 3.98. The van der Waals surface area contributed by atoms with Gasteiger partial charge in [-0.2, -0.15) is 0 Å². The lowest BCUT2D eigenvalue weighted by Crippen LogP contribution is -2.21. The van der Waals surface area contributed by atoms with Crippen molar-refractivity contribution in [2.24, 2.45) is 0 Å². The highest BCUT2D eigenvalue weighted by atomic mass is 32.2. The Morgan fingerprint density at radius 2 is 2.15 bits per heavy atom. The van der Waals surface area contributed by atoms with Crippen LogP contribution in [0.5, 0.6) is 0 Å². The van der Waals surface area contributed by atoms with Crippen molar-refractivity contribution >= 4 is 22.7 Å². The second-order valence-electron chi connectivity index (χ2n) is 2.95. The quantitative estimate of drug-likeness (QED) is 0.615. The van der Waals surface area contributed by atoms with Crippen LogP contribution < -0.4 is 4.31 Å². The van der Waals surface area contributed by atoms with Crippen molar-refractivity contribution in [3.05, 3.63) is 35.9 Å². The highest BCUT2D eigenvalue weighted by Crippen LogP contribution is 2.24. The van der Waals surface area contributed by atoms with E-state index in [-0.39, 0.29) is 0 Å². The molecule has 2 rings (SSSR count). The number of para-hydroxylation sites is 1. The van der Waals surface area contributed by atoms with Crippen molar-refractivity contribution in [3.8, 4) is 0 Å². The topological polar surface area (TPSA) is 20.3 Å². The lowest BCUT2D eigenvalue weighted by atomic mass is 10.1. The Hall–Kier alpha value is -1.09. The molecule has 0 saturated heterocycles. The van der Waals surface area contributed by atoms with Gasteiger partial charge in [-0.3, -0.25) is 4.31 Å². The first kappa shape index (κ1) is 8.51. The van der Waals surface area contributed by atoms with E-state index in [4.69, 9.17) is 0 Å². The Labute approximate surface area is 80.5 Å². The zero-order valence-electron chi connectivity index (χ0n) is 7.43. The van der Waals surface area contributed by atoms with Crippen LogP contribution in [0.1, 0.15) is 5.56 Å². The minimum atomic E-state index is -0.917. The van der Waals surface area contributed by atoms with Gasteiger partial charge in [-0.1, -0.05) is 30.4 Å². The number of benzene rings is 1. The molecule has 3 heteroatoms. The van der Waals surface area contributed by atoms with Crippen LogP contribution in [0.25, 0.3) is 6.08 Å². The molecule has 0 spiro atoms. The fourth-order valence-electron chi connectivity index (χ4n) is 1.39. The van der Waals surface area contributed by atoms with Crippen LogP contribution in [0.2, 0.25) is 0 Å². The molecule has 1 heterocycles. The molecule has 13 heavy (non-hydrogen) atoms. The molecule has 0 aliphatic carbocycles. The average Bonchev–Trinajstić information content (AvgIpc) is 2.29. The molecule has 0 fully saturated rings. The van der Waals surface area contributed by atoms with Crippen molar-refractivity contribution in [1.82, 2.24) is 0 Å². The maximum atomic E-state index is 11.6. The predicted molar refractivity (Wildman–Crippen MR) is 56.9 cm³/mol. The molecule has 1 aromatic carbocycles. The molecular formula is C10H11NOS. The summed E-state index contributed by atoms with van der Waals surface area (Å²) >= 11 is 0. The van der Waals surface area contributed by atoms with Crippen LogP contribution in [-0.4, -0.2) is 17.0 Å². The summed E-state index contributed by atoms with van der Waals surface area (Å²) in [6, 6.07) is 7.98. The van der Waals surface area contributed by atoms with Gasteiger partial charge in [0.1, 0.15) is 11.0 Å². The molecule has 0 amide bonds. The second kappa shape index (κ2) is 3.34. The van der Waals surface area contributed by atoms with Gasteiger partial charge in [0.25, 0.3) is 0 Å². The lowest BCUT2D eigenvalue weighted by molar-refractivity contribution is 0.684. The van der Waals surface area contributed by atoms with Crippen LogP contribution in [0.15, 0.2) is 30.3 Å². The van der Waals surface area contributed by atoms with E-state index < -0.39 is 11.0 Å². The molecule has 1 atom stereocenters. The van der Waals surface area contributed by atoms with E-state index in [0.29, 0.717) is 5.75 Å². The number of anilines is 1. The first-order chi connectivity index (χ1) is 6.29. The maximum Gasteiger partial charge on any atom is 0.123 e. The summed E-state index contributed by atoms with van der Waals surface area (Å²) < 4.78 is 13.4. The summed E-state index contributed by atoms with van der Waals surface area (Å²) in [5.41, 5.74) is 2.17. The van der Waals surface area contributed by atoms with Crippen LogP contribution in [0, 0.1) is 0 Å². The molecule has 0 radical (unpaired) electrons. The first-order valence-corrected chi connectivity index (χ1v) is 5.44. The Bertz CT molecular complexity index is 373. The van der Waals surface area contributed by atoms with E-state index in [9.17, 15) is 4.21 Å². The first-order valence-electron chi connectivity index (χ1n) is 4.17. The molecule has 0 N–H and O–H groups in total. The number of fused-ring (bicyclic) bond motifs is 1. The van der Waals surface area contributed by atoms with E-state index in [1.807, 2.05) is 47.8 Å². The third-order valence-corrected chi connectivity index (χ3v) is 3.40. The number of hydrogen-bond donors (Lipinski definition) is 0. The minimum Gasteiger partial charge on any atom is -0.294 e. The van der Waals surface area contributed by atoms with E-state index >= 15 is 0 Å². The summed E-state index contributed by atoms with van der Waals surface area (Å²) in [5.74, 6) is 0.602. The zero-order chi connectivity index (χ0) is 9.26. The molecule has 1 aromatic rings. The summed E-state index contributed by atoms with van der Waals surface area (Å²) in [5, 5.41) is 0. The molecule has 68 valence electrons. The molecule has 0 aromatic heterocycles. The van der Waals surface area contributed by atoms with Gasteiger partial charge < -0.3 is 0 Å². The second-order valence-corrected chi connectivity index (χ2v) is 4.47. The Morgan fingerprint density at radius 3 is 3.00 bits per heavy atom. The smallest absolute Gasteiger partial charge is 0.123 e. The minimum absolute atomic E-state index is 0.602. The van der Waals surface area contributed by atoms with Crippen molar-refractivity contribution in [2.75, 3.05) is 17.1 Å². The number of hydrogen-bond acceptors (Lipinski definition) is 1. The van der Waals surface area contributed by atoms with Gasteiger partial charge in [0.15, 0.2) is 0 Å². The van der Waals surface area contributed by atoms with Crippen molar-refractivity contribution < 1.29 is 4.21 Å². The van der Waals surface area contributed by atoms with Crippen LogP contribution in [0.3, 0.4) is 0 Å². The molecule has 2 nitrogen and oxygen atoms in total. The van der Waals surface area contributed by atoms with E-state index in [0.717, 1.165) is 11.3 Å². The summed E-state index contributed by atoms with van der Waals surface area (Å²) in [4.78, 5) is 0. The summed E-state index contributed by atoms with van der Waals surface area (Å²) in [6.45, 7) is 0. The van der Waals surface area contributed by atoms with Gasteiger partial charge in [0, 0.05) is 7.05 Å². The number of nitrogens with zero attached hydrogens (tertiary/aromatic N) is 1. The Kier molecular flexibility index (Phi) is 2.19. The van der Waals surface area contributed by atoms with Crippen LogP contribution in [0.4, 0.5) is 5.69 Å². The molecule has 0 saturated carbocycles. The molecule has 0 bridgehead atoms. The maximum absolute atomic E-state index is 11.6. The average molecular weight is 193 g/mol.